The highest BCUT2D eigenvalue weighted by molar-refractivity contribution is 5.98. The number of benzene rings is 1. The number of rotatable bonds is 3. The van der Waals surface area contributed by atoms with Crippen LogP contribution >= 0.6 is 0 Å². The average molecular weight is 304 g/mol. The van der Waals surface area contributed by atoms with Crippen molar-refractivity contribution < 1.29 is 4.79 Å². The number of primary amides is 1. The summed E-state index contributed by atoms with van der Waals surface area (Å²) in [5.41, 5.74) is 10.9. The number of pyridine rings is 1. The highest BCUT2D eigenvalue weighted by Gasteiger charge is 2.09. The zero-order valence-corrected chi connectivity index (χ0v) is 12.7. The van der Waals surface area contributed by atoms with E-state index in [1.165, 1.54) is 5.56 Å². The summed E-state index contributed by atoms with van der Waals surface area (Å²) in [6, 6.07) is 9.95. The molecule has 4 rings (SSSR count). The van der Waals surface area contributed by atoms with Crippen LogP contribution in [0, 0.1) is 0 Å². The second kappa shape index (κ2) is 4.98. The molecule has 0 saturated carbocycles. The van der Waals surface area contributed by atoms with Crippen LogP contribution in [0.15, 0.2) is 42.7 Å². The third kappa shape index (κ3) is 2.17. The molecule has 0 bridgehead atoms. The van der Waals surface area contributed by atoms with E-state index in [-0.39, 0.29) is 0 Å². The quantitative estimate of drug-likeness (QED) is 0.542. The average Bonchev–Trinajstić information content (AvgIpc) is 3.17. The van der Waals surface area contributed by atoms with Crippen molar-refractivity contribution in [2.45, 2.75) is 13.3 Å². The van der Waals surface area contributed by atoms with Crippen molar-refractivity contribution >= 4 is 27.8 Å². The number of nitrogens with zero attached hydrogens (tertiary/aromatic N) is 1. The molecule has 0 unspecified atom stereocenters. The van der Waals surface area contributed by atoms with Crippen LogP contribution in [0.1, 0.15) is 23.0 Å². The number of fused-ring (bicyclic) bond motifs is 2. The first-order valence-electron chi connectivity index (χ1n) is 7.54. The highest BCUT2D eigenvalue weighted by Crippen LogP contribution is 2.28. The lowest BCUT2D eigenvalue weighted by Crippen LogP contribution is -2.10. The molecule has 23 heavy (non-hydrogen) atoms. The Hall–Kier alpha value is -3.08. The van der Waals surface area contributed by atoms with Gasteiger partial charge in [0, 0.05) is 34.2 Å². The van der Waals surface area contributed by atoms with Crippen LogP contribution in [0.5, 0.6) is 0 Å². The Morgan fingerprint density at radius 1 is 1.22 bits per heavy atom. The molecule has 0 radical (unpaired) electrons. The van der Waals surface area contributed by atoms with Gasteiger partial charge in [-0.15, -0.1) is 0 Å². The first-order valence-corrected chi connectivity index (χ1v) is 7.54. The summed E-state index contributed by atoms with van der Waals surface area (Å²) in [5.74, 6) is -0.453. The van der Waals surface area contributed by atoms with E-state index < -0.39 is 5.91 Å². The van der Waals surface area contributed by atoms with Crippen molar-refractivity contribution in [2.24, 2.45) is 5.73 Å². The molecular weight excluding hydrogens is 288 g/mol. The maximum Gasteiger partial charge on any atom is 0.265 e. The molecule has 5 heteroatoms. The van der Waals surface area contributed by atoms with E-state index in [2.05, 4.69) is 27.9 Å². The van der Waals surface area contributed by atoms with Crippen LogP contribution in [0.3, 0.4) is 0 Å². The summed E-state index contributed by atoms with van der Waals surface area (Å²) in [4.78, 5) is 22.0. The number of nitrogens with two attached hydrogens (primary N) is 1. The zero-order chi connectivity index (χ0) is 16.0. The van der Waals surface area contributed by atoms with E-state index in [4.69, 9.17) is 5.73 Å². The minimum atomic E-state index is -0.453. The van der Waals surface area contributed by atoms with Crippen LogP contribution in [0.25, 0.3) is 33.1 Å². The SMILES string of the molecule is CCc1c[nH]c2ncc(-c3ccc4[nH]c(C(N)=O)cc4c3)cc12. The first-order chi connectivity index (χ1) is 11.2. The number of hydrogen-bond donors (Lipinski definition) is 3. The molecule has 4 aromatic rings. The smallest absolute Gasteiger partial charge is 0.265 e. The van der Waals surface area contributed by atoms with E-state index in [9.17, 15) is 4.79 Å². The van der Waals surface area contributed by atoms with E-state index in [0.717, 1.165) is 39.5 Å². The molecule has 5 nitrogen and oxygen atoms in total. The molecule has 0 spiro atoms. The third-order valence-electron chi connectivity index (χ3n) is 4.22. The molecule has 3 aromatic heterocycles. The van der Waals surface area contributed by atoms with Crippen LogP contribution in [-0.4, -0.2) is 20.9 Å². The summed E-state index contributed by atoms with van der Waals surface area (Å²) in [7, 11) is 0. The van der Waals surface area contributed by atoms with Crippen LogP contribution in [0.2, 0.25) is 0 Å². The normalized spacial score (nSPS) is 11.3. The summed E-state index contributed by atoms with van der Waals surface area (Å²) in [5, 5.41) is 2.11. The molecule has 0 fully saturated rings. The Kier molecular flexibility index (Phi) is 2.94. The van der Waals surface area contributed by atoms with Crippen molar-refractivity contribution in [1.29, 1.82) is 0 Å². The fourth-order valence-corrected chi connectivity index (χ4v) is 2.95. The Bertz CT molecular complexity index is 1040. The van der Waals surface area contributed by atoms with Gasteiger partial charge in [0.2, 0.25) is 0 Å². The number of nitrogens with one attached hydrogen (secondary N) is 2. The number of aromatic amines is 2. The Morgan fingerprint density at radius 3 is 2.87 bits per heavy atom. The number of aromatic nitrogens is 3. The van der Waals surface area contributed by atoms with Gasteiger partial charge < -0.3 is 15.7 Å². The van der Waals surface area contributed by atoms with Gasteiger partial charge in [0.05, 0.1) is 0 Å². The predicted molar refractivity (Wildman–Crippen MR) is 91.3 cm³/mol. The molecular formula is C18H16N4O. The maximum absolute atomic E-state index is 11.3. The summed E-state index contributed by atoms with van der Waals surface area (Å²) < 4.78 is 0. The molecule has 0 aliphatic heterocycles. The lowest BCUT2D eigenvalue weighted by molar-refractivity contribution is 0.0996. The Morgan fingerprint density at radius 2 is 2.09 bits per heavy atom. The number of amides is 1. The maximum atomic E-state index is 11.3. The lowest BCUT2D eigenvalue weighted by atomic mass is 10.0. The number of carbonyl (C=O) groups excluding carboxylic acids is 1. The standard InChI is InChI=1S/C18H16N4O/c1-2-10-8-20-18-14(10)6-13(9-21-18)11-3-4-15-12(5-11)7-16(22-15)17(19)23/h3-9,22H,2H2,1H3,(H2,19,23)(H,20,21). The monoisotopic (exact) mass is 304 g/mol. The van der Waals surface area contributed by atoms with Crippen LogP contribution in [0.4, 0.5) is 0 Å². The lowest BCUT2D eigenvalue weighted by Gasteiger charge is -2.03. The van der Waals surface area contributed by atoms with Crippen molar-refractivity contribution in [1.82, 2.24) is 15.0 Å². The first kappa shape index (κ1) is 13.6. The highest BCUT2D eigenvalue weighted by atomic mass is 16.1. The van der Waals surface area contributed by atoms with E-state index >= 15 is 0 Å². The van der Waals surface area contributed by atoms with Gasteiger partial charge in [0.15, 0.2) is 0 Å². The fourth-order valence-electron chi connectivity index (χ4n) is 2.95. The number of carbonyl (C=O) groups is 1. The van der Waals surface area contributed by atoms with Crippen LogP contribution < -0.4 is 5.73 Å². The number of hydrogen-bond acceptors (Lipinski definition) is 2. The number of aryl methyl sites for hydroxylation is 1. The molecule has 0 aliphatic carbocycles. The van der Waals surface area contributed by atoms with Gasteiger partial charge >= 0.3 is 0 Å². The fraction of sp³-hybridized carbons (Fsp3) is 0.111. The molecule has 0 saturated heterocycles. The third-order valence-corrected chi connectivity index (χ3v) is 4.22. The van der Waals surface area contributed by atoms with Gasteiger partial charge in [-0.05, 0) is 41.8 Å². The van der Waals surface area contributed by atoms with Crippen LogP contribution in [-0.2, 0) is 6.42 Å². The Labute approximate surface area is 132 Å². The minimum Gasteiger partial charge on any atom is -0.364 e. The van der Waals surface area contributed by atoms with Gasteiger partial charge in [0.1, 0.15) is 11.3 Å². The van der Waals surface area contributed by atoms with Crippen molar-refractivity contribution in [3.05, 3.63) is 54.0 Å². The largest absolute Gasteiger partial charge is 0.364 e. The zero-order valence-electron chi connectivity index (χ0n) is 12.7. The summed E-state index contributed by atoms with van der Waals surface area (Å²) >= 11 is 0. The van der Waals surface area contributed by atoms with Gasteiger partial charge in [0.25, 0.3) is 5.91 Å². The van der Waals surface area contributed by atoms with E-state index in [0.29, 0.717) is 5.69 Å². The Balaban J connectivity index is 1.85. The topological polar surface area (TPSA) is 87.6 Å². The molecule has 1 aromatic carbocycles. The van der Waals surface area contributed by atoms with Gasteiger partial charge in [-0.3, -0.25) is 4.79 Å². The molecule has 114 valence electrons. The molecule has 1 amide bonds. The summed E-state index contributed by atoms with van der Waals surface area (Å²) in [6.45, 7) is 2.13. The van der Waals surface area contributed by atoms with E-state index in [1.807, 2.05) is 30.6 Å². The van der Waals surface area contributed by atoms with E-state index in [1.54, 1.807) is 6.07 Å². The minimum absolute atomic E-state index is 0.421. The number of H-pyrrole nitrogens is 2. The second-order valence-electron chi connectivity index (χ2n) is 5.64. The molecule has 3 heterocycles. The summed E-state index contributed by atoms with van der Waals surface area (Å²) in [6.07, 6.45) is 4.83. The molecule has 0 atom stereocenters. The van der Waals surface area contributed by atoms with Crippen molar-refractivity contribution in [3.63, 3.8) is 0 Å². The van der Waals surface area contributed by atoms with Gasteiger partial charge in [-0.1, -0.05) is 13.0 Å². The van der Waals surface area contributed by atoms with Crippen molar-refractivity contribution in [2.75, 3.05) is 0 Å². The van der Waals surface area contributed by atoms with Crippen molar-refractivity contribution in [3.8, 4) is 11.1 Å². The van der Waals surface area contributed by atoms with Gasteiger partial charge in [-0.25, -0.2) is 4.98 Å². The second-order valence-corrected chi connectivity index (χ2v) is 5.64. The van der Waals surface area contributed by atoms with Gasteiger partial charge in [-0.2, -0.15) is 0 Å². The molecule has 0 aliphatic rings. The predicted octanol–water partition coefficient (Wildman–Crippen LogP) is 3.37. The molecule has 4 N–H and O–H groups in total.